The topological polar surface area (TPSA) is 70.8 Å². The number of ether oxygens (including phenoxy) is 3. The number of rotatable bonds is 7. The second-order valence-corrected chi connectivity index (χ2v) is 4.16. The predicted octanol–water partition coefficient (Wildman–Crippen LogP) is 2.29. The third-order valence-electron chi connectivity index (χ3n) is 2.78. The number of methoxy groups -OCH3 is 1. The van der Waals surface area contributed by atoms with E-state index >= 15 is 0 Å². The number of hydrogen-bond acceptors (Lipinski definition) is 5. The molecule has 118 valence electrons. The Kier molecular flexibility index (Phi) is 5.90. The van der Waals surface area contributed by atoms with Crippen molar-refractivity contribution in [2.75, 3.05) is 20.3 Å². The van der Waals surface area contributed by atoms with Crippen LogP contribution in [-0.4, -0.2) is 32.2 Å². The van der Waals surface area contributed by atoms with Crippen LogP contribution >= 0.6 is 0 Å². The van der Waals surface area contributed by atoms with Crippen LogP contribution in [0.5, 0.6) is 11.5 Å². The molecule has 0 fully saturated rings. The predicted molar refractivity (Wildman–Crippen MR) is 72.7 cm³/mol. The first kappa shape index (κ1) is 17.2. The van der Waals surface area contributed by atoms with Crippen molar-refractivity contribution in [3.63, 3.8) is 0 Å². The van der Waals surface area contributed by atoms with E-state index in [-0.39, 0.29) is 17.9 Å². The molecule has 0 aliphatic heterocycles. The Bertz CT molecular complexity index is 494. The first-order valence-electron chi connectivity index (χ1n) is 6.49. The molecule has 0 saturated heterocycles. The Morgan fingerprint density at radius 2 is 1.95 bits per heavy atom. The van der Waals surface area contributed by atoms with Gasteiger partial charge in [-0.05, 0) is 31.5 Å². The van der Waals surface area contributed by atoms with Gasteiger partial charge in [0.2, 0.25) is 0 Å². The van der Waals surface area contributed by atoms with Gasteiger partial charge in [0.25, 0.3) is 0 Å². The Morgan fingerprint density at radius 1 is 1.29 bits per heavy atom. The zero-order valence-electron chi connectivity index (χ0n) is 12.2. The van der Waals surface area contributed by atoms with Crippen molar-refractivity contribution in [2.24, 2.45) is 5.73 Å². The number of carbonyl (C=O) groups is 1. The summed E-state index contributed by atoms with van der Waals surface area (Å²) in [5, 5.41) is 0. The van der Waals surface area contributed by atoms with Gasteiger partial charge in [0.15, 0.2) is 11.5 Å². The maximum absolute atomic E-state index is 13.9. The van der Waals surface area contributed by atoms with E-state index in [1.807, 2.05) is 0 Å². The monoisotopic (exact) mass is 303 g/mol. The molecule has 0 heterocycles. The van der Waals surface area contributed by atoms with Crippen molar-refractivity contribution in [1.82, 2.24) is 0 Å². The maximum atomic E-state index is 13.9. The fraction of sp³-hybridized carbons (Fsp3) is 0.500. The molecule has 0 bridgehead atoms. The number of carbonyl (C=O) groups excluding carboxylic acids is 1. The Hall–Kier alpha value is -1.89. The van der Waals surface area contributed by atoms with Gasteiger partial charge in [-0.3, -0.25) is 0 Å². The number of benzene rings is 1. The molecule has 0 radical (unpaired) electrons. The van der Waals surface area contributed by atoms with Gasteiger partial charge in [0.05, 0.1) is 20.3 Å². The van der Waals surface area contributed by atoms with Crippen LogP contribution < -0.4 is 15.2 Å². The summed E-state index contributed by atoms with van der Waals surface area (Å²) >= 11 is 0. The zero-order chi connectivity index (χ0) is 16.0. The third-order valence-corrected chi connectivity index (χ3v) is 2.78. The Morgan fingerprint density at radius 3 is 2.48 bits per heavy atom. The van der Waals surface area contributed by atoms with Crippen molar-refractivity contribution in [1.29, 1.82) is 0 Å². The van der Waals surface area contributed by atoms with Crippen molar-refractivity contribution in [3.05, 3.63) is 23.8 Å². The van der Waals surface area contributed by atoms with E-state index in [1.54, 1.807) is 6.92 Å². The minimum absolute atomic E-state index is 0.0494. The van der Waals surface area contributed by atoms with Crippen LogP contribution in [-0.2, 0) is 9.53 Å². The molecule has 1 aromatic carbocycles. The number of halogens is 2. The lowest BCUT2D eigenvalue weighted by Gasteiger charge is -2.22. The molecular formula is C14H19F2NO4. The van der Waals surface area contributed by atoms with Crippen LogP contribution in [0, 0.1) is 0 Å². The van der Waals surface area contributed by atoms with E-state index in [2.05, 4.69) is 4.74 Å². The van der Waals surface area contributed by atoms with Crippen molar-refractivity contribution >= 4 is 5.97 Å². The maximum Gasteiger partial charge on any atom is 0.379 e. The molecule has 1 aromatic rings. The summed E-state index contributed by atoms with van der Waals surface area (Å²) in [6, 6.07) is 2.33. The highest BCUT2D eigenvalue weighted by molar-refractivity contribution is 5.79. The van der Waals surface area contributed by atoms with Crippen LogP contribution in [0.4, 0.5) is 8.78 Å². The summed E-state index contributed by atoms with van der Waals surface area (Å²) in [7, 11) is 1.39. The highest BCUT2D eigenvalue weighted by Gasteiger charge is 2.47. The fourth-order valence-electron chi connectivity index (χ4n) is 1.72. The van der Waals surface area contributed by atoms with Gasteiger partial charge in [0, 0.05) is 0 Å². The van der Waals surface area contributed by atoms with Crippen LogP contribution in [0.3, 0.4) is 0 Å². The molecule has 0 spiro atoms. The van der Waals surface area contributed by atoms with E-state index in [0.29, 0.717) is 12.4 Å². The first-order valence-corrected chi connectivity index (χ1v) is 6.49. The van der Waals surface area contributed by atoms with Gasteiger partial charge in [0.1, 0.15) is 6.04 Å². The van der Waals surface area contributed by atoms with Gasteiger partial charge in [-0.15, -0.1) is 0 Å². The van der Waals surface area contributed by atoms with Crippen molar-refractivity contribution in [2.45, 2.75) is 25.8 Å². The molecule has 0 amide bonds. The lowest BCUT2D eigenvalue weighted by atomic mass is 10.0. The molecular weight excluding hydrogens is 284 g/mol. The second-order valence-electron chi connectivity index (χ2n) is 4.16. The average molecular weight is 303 g/mol. The summed E-state index contributed by atoms with van der Waals surface area (Å²) in [5.41, 5.74) is 5.55. The van der Waals surface area contributed by atoms with Crippen LogP contribution in [0.2, 0.25) is 0 Å². The van der Waals surface area contributed by atoms with E-state index < -0.39 is 17.9 Å². The normalized spacial score (nSPS) is 12.7. The molecule has 0 saturated carbocycles. The minimum Gasteiger partial charge on any atom is -0.493 e. The van der Waals surface area contributed by atoms with Crippen LogP contribution in [0.25, 0.3) is 0 Å². The summed E-state index contributed by atoms with van der Waals surface area (Å²) in [6.45, 7) is 3.49. The van der Waals surface area contributed by atoms with Gasteiger partial charge in [-0.2, -0.15) is 8.78 Å². The van der Waals surface area contributed by atoms with Crippen LogP contribution in [0.1, 0.15) is 25.5 Å². The highest BCUT2D eigenvalue weighted by atomic mass is 19.3. The third kappa shape index (κ3) is 3.81. The smallest absolute Gasteiger partial charge is 0.379 e. The number of nitrogens with two attached hydrogens (primary N) is 1. The summed E-state index contributed by atoms with van der Waals surface area (Å²) in [6.07, 6.45) is 0. The van der Waals surface area contributed by atoms with Gasteiger partial charge >= 0.3 is 11.9 Å². The molecule has 0 unspecified atom stereocenters. The quantitative estimate of drug-likeness (QED) is 0.783. The lowest BCUT2D eigenvalue weighted by molar-refractivity contribution is -0.174. The Balaban J connectivity index is 3.06. The fourth-order valence-corrected chi connectivity index (χ4v) is 1.72. The van der Waals surface area contributed by atoms with E-state index in [0.717, 1.165) is 0 Å². The van der Waals surface area contributed by atoms with Crippen LogP contribution in [0.15, 0.2) is 18.2 Å². The first-order chi connectivity index (χ1) is 9.88. The number of esters is 1. The molecule has 0 aliphatic carbocycles. The van der Waals surface area contributed by atoms with E-state index in [4.69, 9.17) is 15.2 Å². The molecule has 0 aliphatic rings. The second kappa shape index (κ2) is 7.21. The molecule has 7 heteroatoms. The molecule has 1 rings (SSSR count). The van der Waals surface area contributed by atoms with Gasteiger partial charge in [-0.1, -0.05) is 6.07 Å². The number of hydrogen-bond donors (Lipinski definition) is 1. The van der Waals surface area contributed by atoms with Gasteiger partial charge < -0.3 is 19.9 Å². The van der Waals surface area contributed by atoms with E-state index in [9.17, 15) is 13.6 Å². The van der Waals surface area contributed by atoms with Crippen molar-refractivity contribution < 1.29 is 27.8 Å². The largest absolute Gasteiger partial charge is 0.493 e. The SMILES string of the molecule is CCOC(=O)C(F)(F)[C@H](N)c1ccc(OCC)c(OC)c1. The molecule has 0 aromatic heterocycles. The summed E-state index contributed by atoms with van der Waals surface area (Å²) < 4.78 is 42.5. The summed E-state index contributed by atoms with van der Waals surface area (Å²) in [4.78, 5) is 11.3. The lowest BCUT2D eigenvalue weighted by Crippen LogP contribution is -2.41. The molecule has 1 atom stereocenters. The molecule has 5 nitrogen and oxygen atoms in total. The molecule has 21 heavy (non-hydrogen) atoms. The van der Waals surface area contributed by atoms with E-state index in [1.165, 1.54) is 32.2 Å². The average Bonchev–Trinajstić information content (AvgIpc) is 2.47. The summed E-state index contributed by atoms with van der Waals surface area (Å²) in [5.74, 6) is -4.79. The Labute approximate surface area is 122 Å². The number of alkyl halides is 2. The zero-order valence-corrected chi connectivity index (χ0v) is 12.2. The highest BCUT2D eigenvalue weighted by Crippen LogP contribution is 2.35. The van der Waals surface area contributed by atoms with Crippen molar-refractivity contribution in [3.8, 4) is 11.5 Å². The van der Waals surface area contributed by atoms with Gasteiger partial charge in [-0.25, -0.2) is 4.79 Å². The molecule has 2 N–H and O–H groups in total. The standard InChI is InChI=1S/C14H19F2NO4/c1-4-20-10-7-6-9(8-11(10)19-3)12(17)14(15,16)13(18)21-5-2/h6-8,12H,4-5,17H2,1-3H3/t12-/m1/s1. The minimum atomic E-state index is -3.83.